The maximum atomic E-state index is 14.7. The van der Waals surface area contributed by atoms with Gasteiger partial charge >= 0.3 is 5.97 Å². The van der Waals surface area contributed by atoms with E-state index in [1.807, 2.05) is 0 Å². The predicted octanol–water partition coefficient (Wildman–Crippen LogP) is 4.19. The Labute approximate surface area is 136 Å². The maximum absolute atomic E-state index is 14.7. The van der Waals surface area contributed by atoms with Gasteiger partial charge in [-0.1, -0.05) is 19.3 Å². The summed E-state index contributed by atoms with van der Waals surface area (Å²) in [6.45, 7) is 2.87. The van der Waals surface area contributed by atoms with Gasteiger partial charge in [0.05, 0.1) is 19.6 Å². The lowest BCUT2D eigenvalue weighted by molar-refractivity contribution is -0.145. The Morgan fingerprint density at radius 2 is 1.78 bits per heavy atom. The van der Waals surface area contributed by atoms with Gasteiger partial charge in [0, 0.05) is 5.56 Å². The summed E-state index contributed by atoms with van der Waals surface area (Å²) < 4.78 is 25.3. The van der Waals surface area contributed by atoms with Crippen LogP contribution in [0.15, 0.2) is 12.1 Å². The predicted molar refractivity (Wildman–Crippen MR) is 86.1 cm³/mol. The van der Waals surface area contributed by atoms with Crippen molar-refractivity contribution >= 4 is 5.97 Å². The molecule has 1 aliphatic carbocycles. The Hall–Kier alpha value is -1.78. The maximum Gasteiger partial charge on any atom is 0.314 e. The Bertz CT molecular complexity index is 583. The standard InChI is InChI=1S/C18H25FO4/c1-17(2,19)13-10-12(11-14(22-3)15(13)23-4)18(16(20)21)8-6-5-7-9-18/h10-11H,5-9H2,1-4H3,(H,20,21). The highest BCUT2D eigenvalue weighted by atomic mass is 19.1. The van der Waals surface area contributed by atoms with Gasteiger partial charge in [0.1, 0.15) is 5.67 Å². The van der Waals surface area contributed by atoms with E-state index in [4.69, 9.17) is 9.47 Å². The summed E-state index contributed by atoms with van der Waals surface area (Å²) in [5, 5.41) is 9.86. The molecule has 5 heteroatoms. The number of carbonyl (C=O) groups is 1. The molecule has 0 radical (unpaired) electrons. The summed E-state index contributed by atoms with van der Waals surface area (Å²) in [6.07, 6.45) is 3.86. The quantitative estimate of drug-likeness (QED) is 0.882. The fraction of sp³-hybridized carbons (Fsp3) is 0.611. The molecular weight excluding hydrogens is 299 g/mol. The van der Waals surface area contributed by atoms with Crippen LogP contribution in [0.25, 0.3) is 0 Å². The van der Waals surface area contributed by atoms with Crippen molar-refractivity contribution in [3.8, 4) is 11.5 Å². The van der Waals surface area contributed by atoms with Crippen LogP contribution >= 0.6 is 0 Å². The molecule has 0 aliphatic heterocycles. The van der Waals surface area contributed by atoms with Crippen LogP contribution in [-0.2, 0) is 15.9 Å². The number of aliphatic carboxylic acids is 1. The molecule has 0 saturated heterocycles. The van der Waals surface area contributed by atoms with Crippen molar-refractivity contribution < 1.29 is 23.8 Å². The van der Waals surface area contributed by atoms with Crippen LogP contribution in [0.2, 0.25) is 0 Å². The van der Waals surface area contributed by atoms with Crippen molar-refractivity contribution in [2.75, 3.05) is 14.2 Å². The molecule has 1 fully saturated rings. The first-order valence-corrected chi connectivity index (χ1v) is 7.95. The van der Waals surface area contributed by atoms with E-state index < -0.39 is 17.1 Å². The van der Waals surface area contributed by atoms with Crippen LogP contribution in [0.3, 0.4) is 0 Å². The number of methoxy groups -OCH3 is 2. The Morgan fingerprint density at radius 1 is 1.17 bits per heavy atom. The molecule has 0 aromatic heterocycles. The molecule has 0 amide bonds. The fourth-order valence-corrected chi connectivity index (χ4v) is 3.46. The summed E-state index contributed by atoms with van der Waals surface area (Å²) in [5.74, 6) is -0.163. The van der Waals surface area contributed by atoms with Gasteiger partial charge in [-0.25, -0.2) is 4.39 Å². The molecule has 0 unspecified atom stereocenters. The van der Waals surface area contributed by atoms with E-state index in [9.17, 15) is 14.3 Å². The Morgan fingerprint density at radius 3 is 2.22 bits per heavy atom. The molecule has 0 atom stereocenters. The summed E-state index contributed by atoms with van der Waals surface area (Å²) in [6, 6.07) is 3.33. The zero-order valence-corrected chi connectivity index (χ0v) is 14.2. The van der Waals surface area contributed by atoms with Gasteiger partial charge in [-0.3, -0.25) is 4.79 Å². The normalized spacial score (nSPS) is 17.6. The van der Waals surface area contributed by atoms with Gasteiger partial charge in [-0.2, -0.15) is 0 Å². The minimum absolute atomic E-state index is 0.320. The summed E-state index contributed by atoms with van der Waals surface area (Å²) in [7, 11) is 2.94. The average molecular weight is 324 g/mol. The monoisotopic (exact) mass is 324 g/mol. The van der Waals surface area contributed by atoms with Gasteiger partial charge in [-0.15, -0.1) is 0 Å². The number of rotatable bonds is 5. The first-order valence-electron chi connectivity index (χ1n) is 7.95. The zero-order valence-electron chi connectivity index (χ0n) is 14.2. The number of hydrogen-bond donors (Lipinski definition) is 1. The van der Waals surface area contributed by atoms with E-state index in [1.54, 1.807) is 12.1 Å². The highest BCUT2D eigenvalue weighted by molar-refractivity contribution is 5.82. The molecule has 0 bridgehead atoms. The average Bonchev–Trinajstić information content (AvgIpc) is 2.53. The van der Waals surface area contributed by atoms with Crippen LogP contribution in [0.5, 0.6) is 11.5 Å². The molecule has 0 spiro atoms. The number of benzene rings is 1. The SMILES string of the molecule is COc1cc(C2(C(=O)O)CCCCC2)cc(C(C)(C)F)c1OC. The summed E-state index contributed by atoms with van der Waals surface area (Å²) >= 11 is 0. The number of ether oxygens (including phenoxy) is 2. The number of carboxylic acid groups (broad SMARTS) is 1. The van der Waals surface area contributed by atoms with Crippen LogP contribution < -0.4 is 9.47 Å². The molecular formula is C18H25FO4. The van der Waals surface area contributed by atoms with Crippen LogP contribution in [0.1, 0.15) is 57.1 Å². The zero-order chi connectivity index (χ0) is 17.3. The van der Waals surface area contributed by atoms with Gasteiger partial charge in [-0.05, 0) is 44.4 Å². The number of carboxylic acids is 1. The van der Waals surface area contributed by atoms with Crippen molar-refractivity contribution in [1.29, 1.82) is 0 Å². The summed E-state index contributed by atoms with van der Waals surface area (Å²) in [4.78, 5) is 12.0. The molecule has 23 heavy (non-hydrogen) atoms. The molecule has 128 valence electrons. The molecule has 1 N–H and O–H groups in total. The third-order valence-corrected chi connectivity index (χ3v) is 4.79. The second kappa shape index (κ2) is 6.38. The lowest BCUT2D eigenvalue weighted by atomic mass is 9.68. The molecule has 1 aliphatic rings. The van der Waals surface area contributed by atoms with Crippen molar-refractivity contribution in [1.82, 2.24) is 0 Å². The highest BCUT2D eigenvalue weighted by Gasteiger charge is 2.43. The first-order chi connectivity index (χ1) is 10.8. The van der Waals surface area contributed by atoms with Gasteiger partial charge in [0.25, 0.3) is 0 Å². The van der Waals surface area contributed by atoms with Crippen LogP contribution in [0.4, 0.5) is 4.39 Å². The van der Waals surface area contributed by atoms with Crippen LogP contribution in [-0.4, -0.2) is 25.3 Å². The summed E-state index contributed by atoms with van der Waals surface area (Å²) in [5.41, 5.74) is -1.72. The van der Waals surface area contributed by atoms with Crippen molar-refractivity contribution in [3.63, 3.8) is 0 Å². The van der Waals surface area contributed by atoms with Gasteiger partial charge in [0.15, 0.2) is 11.5 Å². The number of alkyl halides is 1. The molecule has 1 saturated carbocycles. The van der Waals surface area contributed by atoms with E-state index >= 15 is 0 Å². The van der Waals surface area contributed by atoms with Crippen molar-refractivity contribution in [2.45, 2.75) is 57.0 Å². The van der Waals surface area contributed by atoms with Gasteiger partial charge in [0.2, 0.25) is 0 Å². The largest absolute Gasteiger partial charge is 0.493 e. The van der Waals surface area contributed by atoms with E-state index in [0.717, 1.165) is 19.3 Å². The smallest absolute Gasteiger partial charge is 0.314 e. The van der Waals surface area contributed by atoms with Crippen molar-refractivity contribution in [3.05, 3.63) is 23.3 Å². The van der Waals surface area contributed by atoms with E-state index in [-0.39, 0.29) is 0 Å². The Balaban J connectivity index is 2.69. The van der Waals surface area contributed by atoms with E-state index in [2.05, 4.69) is 0 Å². The number of hydrogen-bond acceptors (Lipinski definition) is 3. The minimum Gasteiger partial charge on any atom is -0.493 e. The lowest BCUT2D eigenvalue weighted by Gasteiger charge is -2.35. The van der Waals surface area contributed by atoms with Gasteiger partial charge < -0.3 is 14.6 Å². The van der Waals surface area contributed by atoms with E-state index in [1.165, 1.54) is 28.1 Å². The molecule has 1 aromatic rings. The molecule has 0 heterocycles. The topological polar surface area (TPSA) is 55.8 Å². The third-order valence-electron chi connectivity index (χ3n) is 4.79. The minimum atomic E-state index is -1.66. The fourth-order valence-electron chi connectivity index (χ4n) is 3.46. The lowest BCUT2D eigenvalue weighted by Crippen LogP contribution is -2.38. The van der Waals surface area contributed by atoms with Crippen LogP contribution in [0, 0.1) is 0 Å². The molecule has 4 nitrogen and oxygen atoms in total. The number of halogens is 1. The third kappa shape index (κ3) is 3.14. The second-order valence-corrected chi connectivity index (χ2v) is 6.68. The molecule has 1 aromatic carbocycles. The van der Waals surface area contributed by atoms with Crippen molar-refractivity contribution in [2.24, 2.45) is 0 Å². The van der Waals surface area contributed by atoms with E-state index in [0.29, 0.717) is 35.5 Å². The Kier molecular flexibility index (Phi) is 4.87. The highest BCUT2D eigenvalue weighted by Crippen LogP contribution is 2.46. The molecule has 2 rings (SSSR count). The first kappa shape index (κ1) is 17.6. The second-order valence-electron chi connectivity index (χ2n) is 6.68.